The Labute approximate surface area is 202 Å². The van der Waals surface area contributed by atoms with Gasteiger partial charge in [0.25, 0.3) is 0 Å². The van der Waals surface area contributed by atoms with E-state index in [-0.39, 0.29) is 16.4 Å². The van der Waals surface area contributed by atoms with Crippen molar-refractivity contribution in [2.24, 2.45) is 0 Å². The van der Waals surface area contributed by atoms with Crippen LogP contribution < -0.4 is 15.8 Å². The predicted molar refractivity (Wildman–Crippen MR) is 128 cm³/mol. The van der Waals surface area contributed by atoms with Crippen molar-refractivity contribution < 1.29 is 9.13 Å². The molecule has 33 heavy (non-hydrogen) atoms. The molecule has 2 fully saturated rings. The van der Waals surface area contributed by atoms with Crippen molar-refractivity contribution in [2.45, 2.75) is 56.7 Å². The van der Waals surface area contributed by atoms with Crippen molar-refractivity contribution in [1.29, 1.82) is 0 Å². The number of ether oxygens (including phenoxy) is 1. The maximum absolute atomic E-state index is 14.0. The van der Waals surface area contributed by atoms with Crippen LogP contribution in [0.1, 0.15) is 56.7 Å². The number of pyridine rings is 1. The number of nitrogens with zero attached hydrogens (tertiary/aromatic N) is 3. The molecule has 2 aromatic heterocycles. The first-order chi connectivity index (χ1) is 15.8. The fourth-order valence-corrected chi connectivity index (χ4v) is 5.79. The highest BCUT2D eigenvalue weighted by Gasteiger charge is 2.41. The lowest BCUT2D eigenvalue weighted by Crippen LogP contribution is -2.35. The average Bonchev–Trinajstić information content (AvgIpc) is 3.55. The van der Waals surface area contributed by atoms with Crippen molar-refractivity contribution >= 4 is 29.0 Å². The van der Waals surface area contributed by atoms with E-state index >= 15 is 0 Å². The molecule has 1 aliphatic heterocycles. The van der Waals surface area contributed by atoms with Gasteiger partial charge >= 0.3 is 0 Å². The number of hydrogen-bond acceptors (Lipinski definition) is 5. The van der Waals surface area contributed by atoms with Gasteiger partial charge in [0, 0.05) is 46.2 Å². The molecule has 1 aliphatic carbocycles. The van der Waals surface area contributed by atoms with Gasteiger partial charge in [-0.25, -0.2) is 9.37 Å². The molecule has 1 spiro atoms. The highest BCUT2D eigenvalue weighted by atomic mass is 35.5. The van der Waals surface area contributed by atoms with E-state index in [4.69, 9.17) is 33.7 Å². The molecular weight excluding hydrogens is 464 g/mol. The molecule has 2 aliphatic rings. The third-order valence-electron chi connectivity index (χ3n) is 6.88. The lowest BCUT2D eigenvalue weighted by atomic mass is 9.94. The monoisotopic (exact) mass is 489 g/mol. The lowest BCUT2D eigenvalue weighted by molar-refractivity contribution is 0.227. The van der Waals surface area contributed by atoms with Crippen molar-refractivity contribution in [1.82, 2.24) is 20.1 Å². The van der Waals surface area contributed by atoms with E-state index in [0.717, 1.165) is 24.1 Å². The zero-order chi connectivity index (χ0) is 23.2. The number of aromatic nitrogens is 3. The number of anilines is 1. The quantitative estimate of drug-likeness (QED) is 0.432. The number of nitrogens with two attached hydrogens (primary N) is 1. The molecule has 0 bridgehead atoms. The molecule has 3 N–H and O–H groups in total. The SMILES string of the molecule is C[C@@H](Oc1cc(-c2cnn([C@H]3CNC4(CCCC4)C3)c2)cnc1N)c1c(Cl)ccc(F)c1Cl. The van der Waals surface area contributed by atoms with Gasteiger partial charge < -0.3 is 15.8 Å². The smallest absolute Gasteiger partial charge is 0.166 e. The van der Waals surface area contributed by atoms with E-state index in [1.54, 1.807) is 13.1 Å². The van der Waals surface area contributed by atoms with Gasteiger partial charge in [0.1, 0.15) is 11.9 Å². The van der Waals surface area contributed by atoms with Crippen LogP contribution in [-0.2, 0) is 0 Å². The summed E-state index contributed by atoms with van der Waals surface area (Å²) in [5.74, 6) is 0.0426. The predicted octanol–water partition coefficient (Wildman–Crippen LogP) is 5.96. The molecule has 0 radical (unpaired) electrons. The molecule has 3 heterocycles. The Balaban J connectivity index is 1.36. The minimum absolute atomic E-state index is 0.0656. The van der Waals surface area contributed by atoms with Crippen LogP contribution >= 0.6 is 23.2 Å². The standard InChI is InChI=1S/C24H26Cl2FN5O/c1-14(21-18(25)4-5-19(27)22(21)26)33-20-8-15(10-29-23(20)28)16-11-31-32(13-16)17-9-24(30-12-17)6-2-3-7-24/h4-5,8,10-11,13-14,17,30H,2-3,6-7,9,12H2,1H3,(H2,28,29)/t14-,17-/m1/s1. The van der Waals surface area contributed by atoms with E-state index in [1.165, 1.54) is 37.8 Å². The van der Waals surface area contributed by atoms with Gasteiger partial charge in [0.2, 0.25) is 0 Å². The van der Waals surface area contributed by atoms with Gasteiger partial charge in [0.05, 0.1) is 17.3 Å². The van der Waals surface area contributed by atoms with Gasteiger partial charge in [-0.15, -0.1) is 0 Å². The Morgan fingerprint density at radius 3 is 2.82 bits per heavy atom. The minimum Gasteiger partial charge on any atom is -0.482 e. The molecule has 174 valence electrons. The molecule has 1 saturated carbocycles. The average molecular weight is 490 g/mol. The number of halogens is 3. The second-order valence-electron chi connectivity index (χ2n) is 9.06. The van der Waals surface area contributed by atoms with E-state index in [2.05, 4.69) is 15.4 Å². The van der Waals surface area contributed by atoms with E-state index in [9.17, 15) is 4.39 Å². The first-order valence-electron chi connectivity index (χ1n) is 11.2. The molecule has 0 amide bonds. The first-order valence-corrected chi connectivity index (χ1v) is 12.0. The molecule has 5 rings (SSSR count). The van der Waals surface area contributed by atoms with Crippen LogP contribution in [0.2, 0.25) is 10.0 Å². The molecular formula is C24H26Cl2FN5O. The summed E-state index contributed by atoms with van der Waals surface area (Å²) >= 11 is 12.4. The molecule has 2 atom stereocenters. The van der Waals surface area contributed by atoms with Crippen LogP contribution in [0, 0.1) is 5.82 Å². The minimum atomic E-state index is -0.630. The molecule has 9 heteroatoms. The molecule has 1 saturated heterocycles. The van der Waals surface area contributed by atoms with Crippen LogP contribution in [-0.4, -0.2) is 26.8 Å². The zero-order valence-corrected chi connectivity index (χ0v) is 19.8. The summed E-state index contributed by atoms with van der Waals surface area (Å²) in [6.45, 7) is 2.67. The number of hydrogen-bond donors (Lipinski definition) is 2. The Hall–Kier alpha value is -2.35. The van der Waals surface area contributed by atoms with Crippen molar-refractivity contribution in [3.8, 4) is 16.9 Å². The van der Waals surface area contributed by atoms with E-state index < -0.39 is 11.9 Å². The van der Waals surface area contributed by atoms with Gasteiger partial charge in [0.15, 0.2) is 11.6 Å². The van der Waals surface area contributed by atoms with E-state index in [1.807, 2.05) is 23.1 Å². The Morgan fingerprint density at radius 1 is 1.24 bits per heavy atom. The second-order valence-corrected chi connectivity index (χ2v) is 9.84. The topological polar surface area (TPSA) is 78.0 Å². The summed E-state index contributed by atoms with van der Waals surface area (Å²) in [5.41, 5.74) is 8.47. The van der Waals surface area contributed by atoms with Crippen molar-refractivity contribution in [3.05, 3.63) is 58.2 Å². The largest absolute Gasteiger partial charge is 0.482 e. The molecule has 3 aromatic rings. The van der Waals surface area contributed by atoms with Crippen LogP contribution in [0.15, 0.2) is 36.8 Å². The molecule has 6 nitrogen and oxygen atoms in total. The summed E-state index contributed by atoms with van der Waals surface area (Å²) in [6.07, 6.45) is 11.1. The number of nitrogens with one attached hydrogen (secondary N) is 1. The summed E-state index contributed by atoms with van der Waals surface area (Å²) in [7, 11) is 0. The fraction of sp³-hybridized carbons (Fsp3) is 0.417. The summed E-state index contributed by atoms with van der Waals surface area (Å²) in [5, 5.41) is 8.62. The molecule has 1 aromatic carbocycles. The van der Waals surface area contributed by atoms with Gasteiger partial charge in [-0.2, -0.15) is 5.10 Å². The maximum Gasteiger partial charge on any atom is 0.166 e. The molecule has 0 unspecified atom stereocenters. The van der Waals surface area contributed by atoms with Gasteiger partial charge in [-0.05, 0) is 44.4 Å². The van der Waals surface area contributed by atoms with Crippen LogP contribution in [0.4, 0.5) is 10.2 Å². The zero-order valence-electron chi connectivity index (χ0n) is 18.3. The highest BCUT2D eigenvalue weighted by molar-refractivity contribution is 6.36. The fourth-order valence-electron chi connectivity index (χ4n) is 5.11. The summed E-state index contributed by atoms with van der Waals surface area (Å²) in [6, 6.07) is 4.83. The highest BCUT2D eigenvalue weighted by Crippen LogP contribution is 2.41. The Kier molecular flexibility index (Phi) is 5.97. The van der Waals surface area contributed by atoms with Gasteiger partial charge in [-0.3, -0.25) is 4.68 Å². The number of nitrogen functional groups attached to an aromatic ring is 1. The normalized spacial score (nSPS) is 20.4. The lowest BCUT2D eigenvalue weighted by Gasteiger charge is -2.22. The maximum atomic E-state index is 14.0. The Morgan fingerprint density at radius 2 is 2.03 bits per heavy atom. The van der Waals surface area contributed by atoms with Crippen LogP contribution in [0.25, 0.3) is 11.1 Å². The first kappa shape index (κ1) is 22.4. The Bertz CT molecular complexity index is 1180. The van der Waals surface area contributed by atoms with Crippen molar-refractivity contribution in [3.63, 3.8) is 0 Å². The summed E-state index contributed by atoms with van der Waals surface area (Å²) in [4.78, 5) is 4.29. The van der Waals surface area contributed by atoms with Crippen LogP contribution in [0.5, 0.6) is 5.75 Å². The van der Waals surface area contributed by atoms with Gasteiger partial charge in [-0.1, -0.05) is 36.0 Å². The van der Waals surface area contributed by atoms with Crippen molar-refractivity contribution in [2.75, 3.05) is 12.3 Å². The summed E-state index contributed by atoms with van der Waals surface area (Å²) < 4.78 is 22.0. The van der Waals surface area contributed by atoms with E-state index in [0.29, 0.717) is 22.4 Å². The number of benzene rings is 1. The third kappa shape index (κ3) is 4.29. The van der Waals surface area contributed by atoms with Crippen LogP contribution in [0.3, 0.4) is 0 Å². The third-order valence-corrected chi connectivity index (χ3v) is 7.59. The second kappa shape index (κ2) is 8.78. The number of rotatable bonds is 5.